The minimum absolute atomic E-state index is 0.461. The zero-order chi connectivity index (χ0) is 7.98. The van der Waals surface area contributed by atoms with E-state index in [9.17, 15) is 0 Å². The highest BCUT2D eigenvalue weighted by atomic mass is 14.5. The van der Waals surface area contributed by atoms with Crippen LogP contribution in [0, 0.1) is 17.2 Å². The Labute approximate surface area is 61.6 Å². The maximum Gasteiger partial charge on any atom is 0.101 e. The van der Waals surface area contributed by atoms with E-state index >= 15 is 0 Å². The van der Waals surface area contributed by atoms with Crippen molar-refractivity contribution in [2.75, 3.05) is 0 Å². The summed E-state index contributed by atoms with van der Waals surface area (Å²) >= 11 is 0. The van der Waals surface area contributed by atoms with Gasteiger partial charge >= 0.3 is 0 Å². The van der Waals surface area contributed by atoms with Crippen LogP contribution in [-0.4, -0.2) is 0 Å². The SMILES string of the molecule is CC(C)/C=C/C(C#N)=C\N. The second-order valence-corrected chi connectivity index (χ2v) is 2.34. The van der Waals surface area contributed by atoms with Crippen LogP contribution in [0.2, 0.25) is 0 Å². The Bertz CT molecular complexity index is 182. The maximum atomic E-state index is 8.39. The van der Waals surface area contributed by atoms with Crippen molar-refractivity contribution < 1.29 is 0 Å². The minimum atomic E-state index is 0.461. The van der Waals surface area contributed by atoms with Crippen molar-refractivity contribution in [1.82, 2.24) is 0 Å². The van der Waals surface area contributed by atoms with Crippen LogP contribution in [0.4, 0.5) is 0 Å². The van der Waals surface area contributed by atoms with Gasteiger partial charge < -0.3 is 5.73 Å². The Kier molecular flexibility index (Phi) is 4.06. The molecule has 0 bridgehead atoms. The maximum absolute atomic E-state index is 8.39. The first-order valence-corrected chi connectivity index (χ1v) is 3.21. The third-order valence-corrected chi connectivity index (χ3v) is 0.969. The summed E-state index contributed by atoms with van der Waals surface area (Å²) < 4.78 is 0. The van der Waals surface area contributed by atoms with Crippen LogP contribution in [0.25, 0.3) is 0 Å². The number of nitrogens with zero attached hydrogens (tertiary/aromatic N) is 1. The van der Waals surface area contributed by atoms with E-state index in [1.165, 1.54) is 6.20 Å². The second-order valence-electron chi connectivity index (χ2n) is 2.34. The largest absolute Gasteiger partial charge is 0.404 e. The summed E-state index contributed by atoms with van der Waals surface area (Å²) in [7, 11) is 0. The molecule has 0 aliphatic carbocycles. The highest BCUT2D eigenvalue weighted by Crippen LogP contribution is 1.98. The van der Waals surface area contributed by atoms with E-state index in [0.717, 1.165) is 0 Å². The van der Waals surface area contributed by atoms with Gasteiger partial charge in [0.15, 0.2) is 0 Å². The van der Waals surface area contributed by atoms with Gasteiger partial charge in [-0.25, -0.2) is 0 Å². The van der Waals surface area contributed by atoms with Crippen LogP contribution >= 0.6 is 0 Å². The topological polar surface area (TPSA) is 49.8 Å². The lowest BCUT2D eigenvalue weighted by Crippen LogP contribution is -1.84. The molecule has 0 aliphatic heterocycles. The molecule has 0 aliphatic rings. The molecule has 54 valence electrons. The number of rotatable bonds is 2. The molecule has 0 fully saturated rings. The smallest absolute Gasteiger partial charge is 0.101 e. The van der Waals surface area contributed by atoms with Crippen molar-refractivity contribution in [2.24, 2.45) is 11.7 Å². The molecule has 0 rings (SSSR count). The Morgan fingerprint density at radius 3 is 2.50 bits per heavy atom. The van der Waals surface area contributed by atoms with Crippen molar-refractivity contribution in [3.05, 3.63) is 23.9 Å². The number of nitrogens with two attached hydrogens (primary N) is 1. The quantitative estimate of drug-likeness (QED) is 0.462. The van der Waals surface area contributed by atoms with Gasteiger partial charge in [0.2, 0.25) is 0 Å². The molecular weight excluding hydrogens is 124 g/mol. The first-order valence-electron chi connectivity index (χ1n) is 3.21. The van der Waals surface area contributed by atoms with Crippen LogP contribution < -0.4 is 5.73 Å². The summed E-state index contributed by atoms with van der Waals surface area (Å²) in [6.07, 6.45) is 4.96. The van der Waals surface area contributed by atoms with Gasteiger partial charge in [-0.15, -0.1) is 0 Å². The number of hydrogen-bond acceptors (Lipinski definition) is 2. The molecule has 0 aromatic carbocycles. The molecule has 0 amide bonds. The predicted octanol–water partition coefficient (Wildman–Crippen LogP) is 1.56. The van der Waals surface area contributed by atoms with E-state index in [4.69, 9.17) is 11.0 Å². The highest BCUT2D eigenvalue weighted by Gasteiger charge is 1.86. The number of allylic oxidation sites excluding steroid dienone is 3. The standard InChI is InChI=1S/C8H12N2/c1-7(2)3-4-8(5-9)6-10/h3-5,7H,9H2,1-2H3/b4-3+,8-5+. The molecule has 0 spiro atoms. The summed E-state index contributed by atoms with van der Waals surface area (Å²) in [5.74, 6) is 0.461. The van der Waals surface area contributed by atoms with Gasteiger partial charge in [-0.3, -0.25) is 0 Å². The third-order valence-electron chi connectivity index (χ3n) is 0.969. The molecule has 2 heteroatoms. The van der Waals surface area contributed by atoms with Gasteiger partial charge in [0.05, 0.1) is 5.57 Å². The van der Waals surface area contributed by atoms with Crippen molar-refractivity contribution in [3.63, 3.8) is 0 Å². The van der Waals surface area contributed by atoms with Crippen LogP contribution in [0.1, 0.15) is 13.8 Å². The average molecular weight is 136 g/mol. The Morgan fingerprint density at radius 2 is 2.20 bits per heavy atom. The molecule has 0 heterocycles. The third kappa shape index (κ3) is 3.73. The van der Waals surface area contributed by atoms with Crippen LogP contribution in [-0.2, 0) is 0 Å². The predicted molar refractivity (Wildman–Crippen MR) is 41.9 cm³/mol. The highest BCUT2D eigenvalue weighted by molar-refractivity contribution is 5.31. The zero-order valence-electron chi connectivity index (χ0n) is 6.33. The number of hydrogen-bond donors (Lipinski definition) is 1. The summed E-state index contributed by atoms with van der Waals surface area (Å²) in [6.45, 7) is 4.09. The monoisotopic (exact) mass is 136 g/mol. The summed E-state index contributed by atoms with van der Waals surface area (Å²) in [4.78, 5) is 0. The molecule has 2 N–H and O–H groups in total. The number of nitriles is 1. The Hall–Kier alpha value is -1.23. The van der Waals surface area contributed by atoms with E-state index in [2.05, 4.69) is 0 Å². The summed E-state index contributed by atoms with van der Waals surface area (Å²) in [5.41, 5.74) is 5.64. The van der Waals surface area contributed by atoms with E-state index in [1.54, 1.807) is 6.08 Å². The molecule has 2 nitrogen and oxygen atoms in total. The van der Waals surface area contributed by atoms with Gasteiger partial charge in [0.25, 0.3) is 0 Å². The lowest BCUT2D eigenvalue weighted by molar-refractivity contribution is 0.831. The van der Waals surface area contributed by atoms with Gasteiger partial charge in [-0.2, -0.15) is 5.26 Å². The second kappa shape index (κ2) is 4.63. The van der Waals surface area contributed by atoms with Gasteiger partial charge in [-0.1, -0.05) is 19.9 Å². The summed E-state index contributed by atoms with van der Waals surface area (Å²) in [5, 5.41) is 8.39. The van der Waals surface area contributed by atoms with Gasteiger partial charge in [0.1, 0.15) is 6.07 Å². The molecule has 0 aromatic heterocycles. The van der Waals surface area contributed by atoms with Crippen LogP contribution in [0.5, 0.6) is 0 Å². The minimum Gasteiger partial charge on any atom is -0.404 e. The van der Waals surface area contributed by atoms with Crippen molar-refractivity contribution in [3.8, 4) is 6.07 Å². The van der Waals surface area contributed by atoms with E-state index in [0.29, 0.717) is 11.5 Å². The fourth-order valence-corrected chi connectivity index (χ4v) is 0.426. The normalized spacial score (nSPS) is 12.4. The van der Waals surface area contributed by atoms with Crippen LogP contribution in [0.15, 0.2) is 23.9 Å². The molecule has 0 saturated carbocycles. The molecule has 0 saturated heterocycles. The molecule has 10 heavy (non-hydrogen) atoms. The van der Waals surface area contributed by atoms with Crippen molar-refractivity contribution >= 4 is 0 Å². The first-order chi connectivity index (χ1) is 4.70. The van der Waals surface area contributed by atoms with E-state index in [-0.39, 0.29) is 0 Å². The molecule has 0 unspecified atom stereocenters. The lowest BCUT2D eigenvalue weighted by atomic mass is 10.2. The molecule has 0 aromatic rings. The average Bonchev–Trinajstić information content (AvgIpc) is 1.90. The summed E-state index contributed by atoms with van der Waals surface area (Å²) in [6, 6.07) is 1.96. The van der Waals surface area contributed by atoms with Gasteiger partial charge in [-0.05, 0) is 12.0 Å². The fourth-order valence-electron chi connectivity index (χ4n) is 0.426. The fraction of sp³-hybridized carbons (Fsp3) is 0.375. The first kappa shape index (κ1) is 8.77. The van der Waals surface area contributed by atoms with Crippen molar-refractivity contribution in [2.45, 2.75) is 13.8 Å². The van der Waals surface area contributed by atoms with Crippen LogP contribution in [0.3, 0.4) is 0 Å². The Balaban J connectivity index is 4.02. The van der Waals surface area contributed by atoms with Crippen molar-refractivity contribution in [1.29, 1.82) is 5.26 Å². The molecular formula is C8H12N2. The molecule has 0 radical (unpaired) electrons. The zero-order valence-corrected chi connectivity index (χ0v) is 6.33. The molecule has 0 atom stereocenters. The van der Waals surface area contributed by atoms with E-state index in [1.807, 2.05) is 26.0 Å². The van der Waals surface area contributed by atoms with E-state index < -0.39 is 0 Å². The Morgan fingerprint density at radius 1 is 1.60 bits per heavy atom. The van der Waals surface area contributed by atoms with Gasteiger partial charge in [0, 0.05) is 6.20 Å². The lowest BCUT2D eigenvalue weighted by Gasteiger charge is -1.91.